The third kappa shape index (κ3) is 3.78. The average molecular weight is 263 g/mol. The minimum Gasteiger partial charge on any atom is -0.392 e. The van der Waals surface area contributed by atoms with E-state index in [-0.39, 0.29) is 12.5 Å². The van der Waals surface area contributed by atoms with Gasteiger partial charge in [-0.3, -0.25) is 4.79 Å². The minimum absolute atomic E-state index is 0.0764. The van der Waals surface area contributed by atoms with Gasteiger partial charge < -0.3 is 14.7 Å². The zero-order valence-electron chi connectivity index (χ0n) is 11.3. The van der Waals surface area contributed by atoms with Gasteiger partial charge in [-0.1, -0.05) is 24.3 Å². The second-order valence-electron chi connectivity index (χ2n) is 5.08. The number of nitrogens with zero attached hydrogens (tertiary/aromatic N) is 1. The van der Waals surface area contributed by atoms with Crippen molar-refractivity contribution in [2.45, 2.75) is 19.4 Å². The predicted octanol–water partition coefficient (Wildman–Crippen LogP) is 1.22. The molecule has 0 saturated carbocycles. The molecule has 0 aliphatic carbocycles. The van der Waals surface area contributed by atoms with E-state index < -0.39 is 0 Å². The van der Waals surface area contributed by atoms with Gasteiger partial charge in [0.25, 0.3) is 0 Å². The van der Waals surface area contributed by atoms with E-state index in [1.807, 2.05) is 29.2 Å². The number of methoxy groups -OCH3 is 1. The zero-order chi connectivity index (χ0) is 13.7. The fourth-order valence-electron chi connectivity index (χ4n) is 2.52. The van der Waals surface area contributed by atoms with Gasteiger partial charge in [-0.15, -0.1) is 0 Å². The van der Waals surface area contributed by atoms with Crippen LogP contribution in [0.3, 0.4) is 0 Å². The Morgan fingerprint density at radius 2 is 2.00 bits per heavy atom. The van der Waals surface area contributed by atoms with Crippen LogP contribution in [-0.4, -0.2) is 42.7 Å². The van der Waals surface area contributed by atoms with Gasteiger partial charge in [0.05, 0.1) is 13.2 Å². The summed E-state index contributed by atoms with van der Waals surface area (Å²) in [5, 5.41) is 9.00. The van der Waals surface area contributed by atoms with Crippen molar-refractivity contribution in [1.29, 1.82) is 0 Å². The highest BCUT2D eigenvalue weighted by atomic mass is 16.5. The summed E-state index contributed by atoms with van der Waals surface area (Å²) in [7, 11) is 1.65. The van der Waals surface area contributed by atoms with E-state index >= 15 is 0 Å². The Hall–Kier alpha value is -1.39. The SMILES string of the molecule is COCCN1C[C@H](Cc2ccc(CO)cc2)CC1=O. The lowest BCUT2D eigenvalue weighted by molar-refractivity contribution is -0.128. The van der Waals surface area contributed by atoms with Crippen molar-refractivity contribution in [2.24, 2.45) is 5.92 Å². The summed E-state index contributed by atoms with van der Waals surface area (Å²) < 4.78 is 5.01. The van der Waals surface area contributed by atoms with Crippen LogP contribution >= 0.6 is 0 Å². The van der Waals surface area contributed by atoms with Crippen LogP contribution in [0.4, 0.5) is 0 Å². The molecule has 0 spiro atoms. The molecule has 19 heavy (non-hydrogen) atoms. The summed E-state index contributed by atoms with van der Waals surface area (Å²) in [6.45, 7) is 2.19. The van der Waals surface area contributed by atoms with E-state index in [2.05, 4.69) is 0 Å². The number of hydrogen-bond donors (Lipinski definition) is 1. The number of aliphatic hydroxyl groups excluding tert-OH is 1. The fraction of sp³-hybridized carbons (Fsp3) is 0.533. The van der Waals surface area contributed by atoms with Crippen molar-refractivity contribution in [2.75, 3.05) is 26.8 Å². The molecule has 0 radical (unpaired) electrons. The normalized spacial score (nSPS) is 19.2. The number of rotatable bonds is 6. The van der Waals surface area contributed by atoms with E-state index in [1.54, 1.807) is 7.11 Å². The molecule has 2 rings (SSSR count). The first-order chi connectivity index (χ1) is 9.22. The van der Waals surface area contributed by atoms with Crippen molar-refractivity contribution < 1.29 is 14.6 Å². The van der Waals surface area contributed by atoms with Crippen LogP contribution in [0.5, 0.6) is 0 Å². The van der Waals surface area contributed by atoms with Crippen LogP contribution < -0.4 is 0 Å². The standard InChI is InChI=1S/C15H21NO3/c1-19-7-6-16-10-14(9-15(16)18)8-12-2-4-13(11-17)5-3-12/h2-5,14,17H,6-11H2,1H3/t14-/m1/s1. The molecular weight excluding hydrogens is 242 g/mol. The monoisotopic (exact) mass is 263 g/mol. The number of ether oxygens (including phenoxy) is 1. The van der Waals surface area contributed by atoms with E-state index in [9.17, 15) is 4.79 Å². The Morgan fingerprint density at radius 3 is 2.63 bits per heavy atom. The minimum atomic E-state index is 0.0764. The number of amides is 1. The van der Waals surface area contributed by atoms with E-state index in [4.69, 9.17) is 9.84 Å². The fourth-order valence-corrected chi connectivity index (χ4v) is 2.52. The molecule has 104 valence electrons. The molecule has 1 aliphatic rings. The van der Waals surface area contributed by atoms with E-state index in [0.717, 1.165) is 18.5 Å². The molecule has 0 bridgehead atoms. The topological polar surface area (TPSA) is 49.8 Å². The lowest BCUT2D eigenvalue weighted by Crippen LogP contribution is -2.28. The van der Waals surface area contributed by atoms with Gasteiger partial charge in [-0.25, -0.2) is 0 Å². The van der Waals surface area contributed by atoms with Gasteiger partial charge in [0.2, 0.25) is 5.91 Å². The first kappa shape index (κ1) is 14.0. The molecular formula is C15H21NO3. The number of hydrogen-bond acceptors (Lipinski definition) is 3. The molecule has 0 unspecified atom stereocenters. The maximum atomic E-state index is 11.8. The molecule has 1 atom stereocenters. The average Bonchev–Trinajstić information content (AvgIpc) is 2.77. The van der Waals surface area contributed by atoms with Crippen LogP contribution in [-0.2, 0) is 22.6 Å². The summed E-state index contributed by atoms with van der Waals surface area (Å²) in [6, 6.07) is 7.95. The second-order valence-corrected chi connectivity index (χ2v) is 5.08. The van der Waals surface area contributed by atoms with Gasteiger partial charge >= 0.3 is 0 Å². The maximum Gasteiger partial charge on any atom is 0.223 e. The van der Waals surface area contributed by atoms with Crippen LogP contribution in [0.25, 0.3) is 0 Å². The lowest BCUT2D eigenvalue weighted by Gasteiger charge is -2.16. The second kappa shape index (κ2) is 6.68. The van der Waals surface area contributed by atoms with Gasteiger partial charge in [0.1, 0.15) is 0 Å². The van der Waals surface area contributed by atoms with Gasteiger partial charge in [0, 0.05) is 26.6 Å². The number of benzene rings is 1. The zero-order valence-corrected chi connectivity index (χ0v) is 11.3. The smallest absolute Gasteiger partial charge is 0.223 e. The number of carbonyl (C=O) groups is 1. The Balaban J connectivity index is 1.88. The van der Waals surface area contributed by atoms with Crippen LogP contribution in [0.2, 0.25) is 0 Å². The summed E-state index contributed by atoms with van der Waals surface area (Å²) >= 11 is 0. The summed E-state index contributed by atoms with van der Waals surface area (Å²) in [4.78, 5) is 13.7. The highest BCUT2D eigenvalue weighted by Crippen LogP contribution is 2.22. The molecule has 1 heterocycles. The summed E-state index contributed by atoms with van der Waals surface area (Å²) in [6.07, 6.45) is 1.55. The Bertz CT molecular complexity index is 416. The highest BCUT2D eigenvalue weighted by molar-refractivity contribution is 5.78. The number of likely N-dealkylation sites (tertiary alicyclic amines) is 1. The molecule has 4 nitrogen and oxygen atoms in total. The van der Waals surface area contributed by atoms with Crippen LogP contribution in [0, 0.1) is 5.92 Å². The molecule has 4 heteroatoms. The molecule has 0 aromatic heterocycles. The predicted molar refractivity (Wildman–Crippen MR) is 72.6 cm³/mol. The molecule has 1 aromatic carbocycles. The van der Waals surface area contributed by atoms with E-state index in [0.29, 0.717) is 25.5 Å². The van der Waals surface area contributed by atoms with Crippen LogP contribution in [0.15, 0.2) is 24.3 Å². The maximum absolute atomic E-state index is 11.8. The third-order valence-corrected chi connectivity index (χ3v) is 3.59. The summed E-state index contributed by atoms with van der Waals surface area (Å²) in [5.41, 5.74) is 2.15. The molecule has 1 aliphatic heterocycles. The highest BCUT2D eigenvalue weighted by Gasteiger charge is 2.28. The lowest BCUT2D eigenvalue weighted by atomic mass is 9.98. The molecule has 1 fully saturated rings. The van der Waals surface area contributed by atoms with Crippen LogP contribution in [0.1, 0.15) is 17.5 Å². The third-order valence-electron chi connectivity index (χ3n) is 3.59. The van der Waals surface area contributed by atoms with Gasteiger partial charge in [-0.2, -0.15) is 0 Å². The quantitative estimate of drug-likeness (QED) is 0.839. The first-order valence-electron chi connectivity index (χ1n) is 6.68. The number of aliphatic hydroxyl groups is 1. The van der Waals surface area contributed by atoms with Gasteiger partial charge in [-0.05, 0) is 23.5 Å². The Labute approximate surface area is 114 Å². The van der Waals surface area contributed by atoms with E-state index in [1.165, 1.54) is 5.56 Å². The summed E-state index contributed by atoms with van der Waals surface area (Å²) in [5.74, 6) is 0.623. The molecule has 1 amide bonds. The Kier molecular flexibility index (Phi) is 4.93. The molecule has 1 saturated heterocycles. The Morgan fingerprint density at radius 1 is 1.32 bits per heavy atom. The van der Waals surface area contributed by atoms with Crippen molar-refractivity contribution in [1.82, 2.24) is 4.90 Å². The van der Waals surface area contributed by atoms with Gasteiger partial charge in [0.15, 0.2) is 0 Å². The van der Waals surface area contributed by atoms with Crippen molar-refractivity contribution >= 4 is 5.91 Å². The van der Waals surface area contributed by atoms with Crippen molar-refractivity contribution in [3.05, 3.63) is 35.4 Å². The largest absolute Gasteiger partial charge is 0.392 e. The van der Waals surface area contributed by atoms with Crippen molar-refractivity contribution in [3.63, 3.8) is 0 Å². The van der Waals surface area contributed by atoms with Crippen molar-refractivity contribution in [3.8, 4) is 0 Å². The molecule has 1 N–H and O–H groups in total. The molecule has 1 aromatic rings. The first-order valence-corrected chi connectivity index (χ1v) is 6.68. The number of carbonyl (C=O) groups excluding carboxylic acids is 1.